The fourth-order valence-corrected chi connectivity index (χ4v) is 2.91. The van der Waals surface area contributed by atoms with E-state index in [9.17, 15) is 67.2 Å². The number of hydrogen-bond acceptors (Lipinski definition) is 16. The standard InChI is InChI=1S/C16H18O19S.2Na/c17-7(18)2-15(29,13(25)26)4-10(22)34-9(21)1-6(36(31,32)33)12(24)35-11(23)5-16(30,14(27)28)3-8(19)20;;/h6,29-30H,1-5H2,(H,17,18)(H,19,20)(H,25,26)(H,27,28)(H,31,32,33);;/q;2*+1/p-2. The number of ether oxygens (including phenoxy) is 2. The molecule has 0 aliphatic carbocycles. The number of esters is 4. The Morgan fingerprint density at radius 3 is 1.32 bits per heavy atom. The Hall–Kier alpha value is -2.01. The van der Waals surface area contributed by atoms with Gasteiger partial charge in [0.1, 0.15) is 11.2 Å². The second kappa shape index (κ2) is 16.2. The van der Waals surface area contributed by atoms with Crippen molar-refractivity contribution < 1.29 is 151 Å². The summed E-state index contributed by atoms with van der Waals surface area (Å²) >= 11 is 0. The number of rotatable bonds is 14. The van der Waals surface area contributed by atoms with Crippen molar-refractivity contribution in [2.24, 2.45) is 0 Å². The monoisotopic (exact) mass is 590 g/mol. The van der Waals surface area contributed by atoms with E-state index in [4.69, 9.17) is 14.8 Å². The van der Waals surface area contributed by atoms with Gasteiger partial charge in [-0.3, -0.25) is 33.3 Å². The van der Waals surface area contributed by atoms with E-state index in [2.05, 4.69) is 9.47 Å². The SMILES string of the molecule is O=C(O)CC(O)(CC(=O)OC(=O)CC(C(=O)OC(=O)CC(O)(CC(=O)O)C(=O)[O-])S(=O)(=O)O)C(=O)[O-].[Na+].[Na+]. The van der Waals surface area contributed by atoms with Crippen LogP contribution in [0.5, 0.6) is 0 Å². The van der Waals surface area contributed by atoms with E-state index in [0.717, 1.165) is 0 Å². The van der Waals surface area contributed by atoms with E-state index in [-0.39, 0.29) is 59.1 Å². The van der Waals surface area contributed by atoms with Gasteiger partial charge in [0, 0.05) is 0 Å². The first-order chi connectivity index (χ1) is 16.1. The topological polar surface area (TPSA) is 336 Å². The van der Waals surface area contributed by atoms with Crippen molar-refractivity contribution in [3.05, 3.63) is 0 Å². The third-order valence-corrected chi connectivity index (χ3v) is 5.02. The van der Waals surface area contributed by atoms with Crippen LogP contribution < -0.4 is 69.3 Å². The van der Waals surface area contributed by atoms with Crippen LogP contribution in [0.1, 0.15) is 32.1 Å². The van der Waals surface area contributed by atoms with Crippen LogP contribution >= 0.6 is 0 Å². The minimum atomic E-state index is -5.64. The fourth-order valence-electron chi connectivity index (χ4n) is 2.27. The summed E-state index contributed by atoms with van der Waals surface area (Å²) in [4.78, 5) is 89.9. The van der Waals surface area contributed by atoms with Gasteiger partial charge in [-0.25, -0.2) is 0 Å². The largest absolute Gasteiger partial charge is 1.00 e. The van der Waals surface area contributed by atoms with Gasteiger partial charge in [-0.1, -0.05) is 0 Å². The van der Waals surface area contributed by atoms with Crippen LogP contribution in [0.3, 0.4) is 0 Å². The first-order valence-corrected chi connectivity index (χ1v) is 10.4. The normalized spacial score (nSPS) is 14.5. The molecule has 5 N–H and O–H groups in total. The zero-order chi connectivity index (χ0) is 28.6. The molecule has 22 heteroatoms. The Kier molecular flexibility index (Phi) is 17.2. The van der Waals surface area contributed by atoms with Gasteiger partial charge in [0.2, 0.25) is 0 Å². The molecule has 0 saturated heterocycles. The summed E-state index contributed by atoms with van der Waals surface area (Å²) in [5.74, 6) is -17.2. The van der Waals surface area contributed by atoms with Crippen LogP contribution in [0.15, 0.2) is 0 Å². The fraction of sp³-hybridized carbons (Fsp3) is 0.500. The van der Waals surface area contributed by atoms with Crippen LogP contribution in [0.4, 0.5) is 0 Å². The molecule has 38 heavy (non-hydrogen) atoms. The van der Waals surface area contributed by atoms with E-state index in [1.807, 2.05) is 0 Å². The molecule has 0 fully saturated rings. The molecule has 0 heterocycles. The third kappa shape index (κ3) is 13.7. The molecule has 0 radical (unpaired) electrons. The maximum Gasteiger partial charge on any atom is 1.00 e. The molecule has 3 unspecified atom stereocenters. The molecular weight excluding hydrogens is 574 g/mol. The Morgan fingerprint density at radius 1 is 0.684 bits per heavy atom. The molecule has 0 aliphatic rings. The second-order valence-corrected chi connectivity index (χ2v) is 8.58. The van der Waals surface area contributed by atoms with Gasteiger partial charge in [0.25, 0.3) is 10.1 Å². The number of carboxylic acid groups (broad SMARTS) is 4. The molecule has 0 rings (SSSR count). The van der Waals surface area contributed by atoms with E-state index < -0.39 is 106 Å². The Morgan fingerprint density at radius 2 is 1.03 bits per heavy atom. The number of aliphatic hydroxyl groups is 2. The van der Waals surface area contributed by atoms with Gasteiger partial charge >= 0.3 is 94.9 Å². The minimum Gasteiger partial charge on any atom is -0.547 e. The molecule has 202 valence electrons. The Bertz CT molecular complexity index is 1080. The quantitative estimate of drug-likeness (QED) is 0.0542. The summed E-state index contributed by atoms with van der Waals surface area (Å²) in [5, 5.41) is 55.1. The number of hydrogen-bond donors (Lipinski definition) is 5. The van der Waals surface area contributed by atoms with Crippen molar-refractivity contribution in [3.8, 4) is 0 Å². The van der Waals surface area contributed by atoms with Crippen molar-refractivity contribution in [3.63, 3.8) is 0 Å². The van der Waals surface area contributed by atoms with Crippen LogP contribution in [-0.2, 0) is 57.9 Å². The maximum absolute atomic E-state index is 11.9. The Balaban J connectivity index is -0.00000612. The Labute approximate surface area is 255 Å². The number of carboxylic acids is 4. The van der Waals surface area contributed by atoms with E-state index >= 15 is 0 Å². The zero-order valence-electron chi connectivity index (χ0n) is 19.5. The third-order valence-electron chi connectivity index (χ3n) is 3.94. The average Bonchev–Trinajstić information content (AvgIpc) is 2.62. The molecule has 0 amide bonds. The van der Waals surface area contributed by atoms with E-state index in [1.54, 1.807) is 0 Å². The molecule has 0 aromatic rings. The zero-order valence-corrected chi connectivity index (χ0v) is 24.3. The van der Waals surface area contributed by atoms with Gasteiger partial charge in [-0.2, -0.15) is 8.42 Å². The van der Waals surface area contributed by atoms with Gasteiger partial charge in [0.15, 0.2) is 5.25 Å². The summed E-state index contributed by atoms with van der Waals surface area (Å²) in [6.07, 6.45) is -8.52. The van der Waals surface area contributed by atoms with Crippen molar-refractivity contribution in [2.75, 3.05) is 0 Å². The van der Waals surface area contributed by atoms with Crippen molar-refractivity contribution in [1.82, 2.24) is 0 Å². The smallest absolute Gasteiger partial charge is 0.547 e. The number of aliphatic carboxylic acids is 4. The summed E-state index contributed by atoms with van der Waals surface area (Å²) < 4.78 is 39.7. The average molecular weight is 590 g/mol. The predicted molar refractivity (Wildman–Crippen MR) is 95.8 cm³/mol. The van der Waals surface area contributed by atoms with Crippen molar-refractivity contribution >= 4 is 57.9 Å². The van der Waals surface area contributed by atoms with Crippen LogP contribution in [0.25, 0.3) is 0 Å². The maximum atomic E-state index is 11.9. The second-order valence-electron chi connectivity index (χ2n) is 6.98. The number of carbonyl (C=O) groups is 8. The van der Waals surface area contributed by atoms with Gasteiger partial charge in [0.05, 0.1) is 44.0 Å². The first-order valence-electron chi connectivity index (χ1n) is 8.88. The summed E-state index contributed by atoms with van der Waals surface area (Å²) in [6.45, 7) is 0. The van der Waals surface area contributed by atoms with Crippen LogP contribution in [0, 0.1) is 0 Å². The molecule has 0 spiro atoms. The molecule has 3 atom stereocenters. The predicted octanol–water partition coefficient (Wildman–Crippen LogP) is -12.5. The summed E-state index contributed by atoms with van der Waals surface area (Å²) in [5.41, 5.74) is -6.80. The molecular formula is C16H16Na2O19S. The van der Waals surface area contributed by atoms with Gasteiger partial charge in [-0.15, -0.1) is 0 Å². The van der Waals surface area contributed by atoms with E-state index in [1.165, 1.54) is 0 Å². The van der Waals surface area contributed by atoms with E-state index in [0.29, 0.717) is 0 Å². The van der Waals surface area contributed by atoms with Gasteiger partial charge < -0.3 is 49.7 Å². The van der Waals surface area contributed by atoms with Crippen molar-refractivity contribution in [1.29, 1.82) is 0 Å². The molecule has 19 nitrogen and oxygen atoms in total. The number of carbonyl (C=O) groups excluding carboxylic acids is 6. The molecule has 0 aliphatic heterocycles. The summed E-state index contributed by atoms with van der Waals surface area (Å²) in [7, 11) is -5.64. The minimum absolute atomic E-state index is 0. The van der Waals surface area contributed by atoms with Crippen molar-refractivity contribution in [2.45, 2.75) is 48.6 Å². The van der Waals surface area contributed by atoms with Gasteiger partial charge in [-0.05, 0) is 0 Å². The first kappa shape index (κ1) is 40.5. The molecule has 0 saturated carbocycles. The molecule has 0 aromatic heterocycles. The molecule has 0 bridgehead atoms. The molecule has 0 aromatic carbocycles. The van der Waals surface area contributed by atoms with Crippen LogP contribution in [0.2, 0.25) is 0 Å². The van der Waals surface area contributed by atoms with Crippen LogP contribution in [-0.4, -0.2) is 97.6 Å². The summed E-state index contributed by atoms with van der Waals surface area (Å²) in [6, 6.07) is 0.